The molecule has 294 valence electrons. The number of carbonyl (C=O) groups is 2. The molecule has 1 unspecified atom stereocenters. The molecular weight excluding hydrogens is 739 g/mol. The van der Waals surface area contributed by atoms with Gasteiger partial charge in [0.15, 0.2) is 28.5 Å². The van der Waals surface area contributed by atoms with E-state index in [1.807, 2.05) is 26.0 Å². The molecule has 2 saturated heterocycles. The third-order valence-electron chi connectivity index (χ3n) is 12.4. The second-order valence-corrected chi connectivity index (χ2v) is 16.5. The van der Waals surface area contributed by atoms with Gasteiger partial charge in [-0.05, 0) is 73.5 Å². The van der Waals surface area contributed by atoms with E-state index >= 15 is 0 Å². The molecule has 14 nitrogen and oxygen atoms in total. The fraction of sp³-hybridized carbons (Fsp3) is 0.488. The molecule has 4 bridgehead atoms. The molecule has 7 heterocycles. The normalized spacial score (nSPS) is 28.3. The Kier molecular flexibility index (Phi) is 9.05. The lowest BCUT2D eigenvalue weighted by atomic mass is 9.72. The number of aryl methyl sites for hydroxylation is 1. The van der Waals surface area contributed by atoms with Gasteiger partial charge in [0.05, 0.1) is 37.6 Å². The van der Waals surface area contributed by atoms with Gasteiger partial charge in [-0.2, -0.15) is 5.26 Å². The first-order chi connectivity index (χ1) is 27.1. The number of phenolic OH excluding ortho intramolecular Hbond substituents is 1. The van der Waals surface area contributed by atoms with Gasteiger partial charge in [-0.1, -0.05) is 12.1 Å². The standard InChI is InChI=1S/C41H45N5O9S/c1-18-10-23-12-25-26(14-43)46-27-15-52-40(49)41(24-13-28(50-4)22(6-8-42)11-21(24)7-9-44-41)16-56-39(33(46)32(45-25)29(23)34(48)35(18)51-5)31-30(27)38-37(53-17-54-38)19(2)36(31)55-20(3)47/h10-11,13,25-27,32-33,39,44-45,48H,6-9,12,15-17,42H2,1-5H3/t25-,26-,27?,32+,33+,39+,41+/m0/s1. The largest absolute Gasteiger partial charge is 0.504 e. The van der Waals surface area contributed by atoms with Crippen LogP contribution in [-0.4, -0.2) is 86.5 Å². The fourth-order valence-corrected chi connectivity index (χ4v) is 11.9. The summed E-state index contributed by atoms with van der Waals surface area (Å²) in [5.74, 6) is 1.59. The van der Waals surface area contributed by atoms with E-state index < -0.39 is 46.9 Å². The maximum Gasteiger partial charge on any atom is 0.331 e. The van der Waals surface area contributed by atoms with E-state index in [0.29, 0.717) is 83.4 Å². The molecule has 0 radical (unpaired) electrons. The molecule has 10 rings (SSSR count). The molecule has 15 heteroatoms. The number of nitrogens with one attached hydrogen (secondary N) is 2. The average Bonchev–Trinajstić information content (AvgIpc) is 3.67. The molecule has 7 atom stereocenters. The molecule has 0 aliphatic carbocycles. The minimum atomic E-state index is -1.28. The number of piperazine rings is 1. The van der Waals surface area contributed by atoms with Crippen molar-refractivity contribution in [1.29, 1.82) is 5.26 Å². The number of hydrogen-bond acceptors (Lipinski definition) is 15. The Hall–Kier alpha value is -4.72. The number of esters is 2. The number of phenols is 1. The molecule has 0 amide bonds. The van der Waals surface area contributed by atoms with Gasteiger partial charge in [0.2, 0.25) is 6.79 Å². The number of nitrogens with zero attached hydrogens (tertiary/aromatic N) is 2. The molecule has 3 aromatic rings. The lowest BCUT2D eigenvalue weighted by Crippen LogP contribution is -2.69. The smallest absolute Gasteiger partial charge is 0.331 e. The van der Waals surface area contributed by atoms with Crippen LogP contribution in [0.1, 0.15) is 74.3 Å². The van der Waals surface area contributed by atoms with Crippen molar-refractivity contribution in [3.8, 4) is 40.6 Å². The highest BCUT2D eigenvalue weighted by molar-refractivity contribution is 7.99. The highest BCUT2D eigenvalue weighted by atomic mass is 32.2. The molecule has 1 spiro atoms. The fourth-order valence-electron chi connectivity index (χ4n) is 10.2. The molecule has 2 fully saturated rings. The maximum atomic E-state index is 14.9. The summed E-state index contributed by atoms with van der Waals surface area (Å²) < 4.78 is 36.5. The van der Waals surface area contributed by atoms with E-state index in [0.717, 1.165) is 27.8 Å². The number of hydrogen-bond donors (Lipinski definition) is 4. The second kappa shape index (κ2) is 13.7. The molecule has 0 aromatic heterocycles. The van der Waals surface area contributed by atoms with Gasteiger partial charge >= 0.3 is 11.9 Å². The molecule has 7 aliphatic heterocycles. The molecular formula is C41H45N5O9S. The highest BCUT2D eigenvalue weighted by Gasteiger charge is 2.60. The lowest BCUT2D eigenvalue weighted by molar-refractivity contribution is -0.155. The van der Waals surface area contributed by atoms with Gasteiger partial charge in [-0.25, -0.2) is 4.79 Å². The van der Waals surface area contributed by atoms with Crippen molar-refractivity contribution in [2.24, 2.45) is 5.73 Å². The number of rotatable bonds is 5. The van der Waals surface area contributed by atoms with Gasteiger partial charge in [0, 0.05) is 53.6 Å². The van der Waals surface area contributed by atoms with Gasteiger partial charge in [0.1, 0.15) is 24.1 Å². The van der Waals surface area contributed by atoms with Crippen LogP contribution >= 0.6 is 11.8 Å². The Labute approximate surface area is 328 Å². The Morgan fingerprint density at radius 1 is 1.11 bits per heavy atom. The Morgan fingerprint density at radius 2 is 1.91 bits per heavy atom. The number of thioether (sulfide) groups is 1. The minimum Gasteiger partial charge on any atom is -0.504 e. The highest BCUT2D eigenvalue weighted by Crippen LogP contribution is 2.63. The summed E-state index contributed by atoms with van der Waals surface area (Å²) in [5, 5.41) is 29.8. The van der Waals surface area contributed by atoms with Crippen molar-refractivity contribution in [2.45, 2.75) is 81.0 Å². The number of carbonyl (C=O) groups excluding carboxylic acids is 2. The summed E-state index contributed by atoms with van der Waals surface area (Å²) in [7, 11) is 3.15. The number of benzene rings is 3. The topological polar surface area (TPSA) is 187 Å². The average molecular weight is 784 g/mol. The monoisotopic (exact) mass is 783 g/mol. The van der Waals surface area contributed by atoms with Crippen LogP contribution in [0, 0.1) is 25.2 Å². The first-order valence-corrected chi connectivity index (χ1v) is 20.0. The van der Waals surface area contributed by atoms with E-state index in [-0.39, 0.29) is 30.9 Å². The number of aromatic hydroxyl groups is 1. The zero-order chi connectivity index (χ0) is 39.2. The molecule has 0 saturated carbocycles. The van der Waals surface area contributed by atoms with Crippen molar-refractivity contribution >= 4 is 23.7 Å². The van der Waals surface area contributed by atoms with Crippen LogP contribution < -0.4 is 40.1 Å². The van der Waals surface area contributed by atoms with Crippen molar-refractivity contribution < 1.29 is 43.1 Å². The van der Waals surface area contributed by atoms with E-state index in [1.165, 1.54) is 25.8 Å². The summed E-state index contributed by atoms with van der Waals surface area (Å²) in [5.41, 5.74) is 11.8. The predicted octanol–water partition coefficient (Wildman–Crippen LogP) is 3.44. The third-order valence-corrected chi connectivity index (χ3v) is 13.9. The second-order valence-electron chi connectivity index (χ2n) is 15.3. The minimum absolute atomic E-state index is 0.0419. The molecule has 56 heavy (non-hydrogen) atoms. The number of methoxy groups -OCH3 is 2. The van der Waals surface area contributed by atoms with Gasteiger partial charge < -0.3 is 44.6 Å². The Bertz CT molecular complexity index is 2230. The molecule has 5 N–H and O–H groups in total. The summed E-state index contributed by atoms with van der Waals surface area (Å²) in [6.45, 7) is 5.88. The Balaban J connectivity index is 1.30. The number of fused-ring (bicyclic) bond motifs is 9. The van der Waals surface area contributed by atoms with Crippen LogP contribution in [0.2, 0.25) is 0 Å². The summed E-state index contributed by atoms with van der Waals surface area (Å²) in [4.78, 5) is 29.9. The van der Waals surface area contributed by atoms with Crippen LogP contribution in [0.4, 0.5) is 0 Å². The van der Waals surface area contributed by atoms with Crippen LogP contribution in [0.3, 0.4) is 0 Å². The molecule has 7 aliphatic rings. The van der Waals surface area contributed by atoms with Crippen LogP contribution in [0.5, 0.6) is 34.5 Å². The Morgan fingerprint density at radius 3 is 2.64 bits per heavy atom. The van der Waals surface area contributed by atoms with E-state index in [2.05, 4.69) is 27.7 Å². The quantitative estimate of drug-likeness (QED) is 0.218. The van der Waals surface area contributed by atoms with Crippen molar-refractivity contribution in [2.75, 3.05) is 46.5 Å². The zero-order valence-electron chi connectivity index (χ0n) is 31.9. The zero-order valence-corrected chi connectivity index (χ0v) is 32.8. The van der Waals surface area contributed by atoms with E-state index in [1.54, 1.807) is 7.11 Å². The first-order valence-electron chi connectivity index (χ1n) is 19.0. The van der Waals surface area contributed by atoms with Crippen LogP contribution in [0.25, 0.3) is 0 Å². The number of nitrogens with two attached hydrogens (primary N) is 1. The lowest BCUT2D eigenvalue weighted by Gasteiger charge is -2.59. The van der Waals surface area contributed by atoms with Crippen molar-refractivity contribution in [3.63, 3.8) is 0 Å². The number of nitriles is 1. The van der Waals surface area contributed by atoms with Crippen molar-refractivity contribution in [1.82, 2.24) is 15.5 Å². The van der Waals surface area contributed by atoms with E-state index in [9.17, 15) is 20.0 Å². The maximum absolute atomic E-state index is 14.9. The van der Waals surface area contributed by atoms with Crippen molar-refractivity contribution in [3.05, 3.63) is 68.3 Å². The van der Waals surface area contributed by atoms with Crippen LogP contribution in [-0.2, 0) is 39.1 Å². The summed E-state index contributed by atoms with van der Waals surface area (Å²) in [6.07, 6.45) is 1.79. The van der Waals surface area contributed by atoms with Crippen LogP contribution in [0.15, 0.2) is 18.2 Å². The van der Waals surface area contributed by atoms with Gasteiger partial charge in [0.25, 0.3) is 0 Å². The SMILES string of the molecule is COc1cc2c(cc1CCN)CCN[C@]21CS[C@@H]2c3c(OC(C)=O)c(C)c4c(c3C(COC1=O)N1[C@@H]2[C@@H]2N[C@@H](Cc3cc(C)c(OC)c(O)c32)[C@@H]1C#N)OCO4. The van der Waals surface area contributed by atoms with E-state index in [4.69, 9.17) is 34.2 Å². The first kappa shape index (κ1) is 36.9. The predicted molar refractivity (Wildman–Crippen MR) is 204 cm³/mol. The van der Waals surface area contributed by atoms with Gasteiger partial charge in [-0.15, -0.1) is 11.8 Å². The summed E-state index contributed by atoms with van der Waals surface area (Å²) >= 11 is 1.52. The summed E-state index contributed by atoms with van der Waals surface area (Å²) in [6, 6.07) is 5.90. The molecule has 3 aromatic carbocycles. The third kappa shape index (κ3) is 5.22. The van der Waals surface area contributed by atoms with Gasteiger partial charge in [-0.3, -0.25) is 15.0 Å². The number of ether oxygens (including phenoxy) is 6.